The molecule has 3 aromatic rings. The lowest BCUT2D eigenvalue weighted by molar-refractivity contribution is 0.0962. The summed E-state index contributed by atoms with van der Waals surface area (Å²) in [5, 5.41) is 12.0. The van der Waals surface area contributed by atoms with Gasteiger partial charge in [-0.3, -0.25) is 9.48 Å². The van der Waals surface area contributed by atoms with Crippen LogP contribution in [0.1, 0.15) is 16.2 Å². The van der Waals surface area contributed by atoms with Gasteiger partial charge in [-0.25, -0.2) is 4.39 Å². The first-order chi connectivity index (χ1) is 12.6. The third kappa shape index (κ3) is 3.23. The fourth-order valence-corrected chi connectivity index (χ4v) is 2.90. The SMILES string of the molecule is O=C1c2cc(COc3cnnc(Cl)c3)nn2CCN1c1ccc(F)cc1. The normalized spacial score (nSPS) is 13.6. The fourth-order valence-electron chi connectivity index (χ4n) is 2.75. The average molecular weight is 374 g/mol. The lowest BCUT2D eigenvalue weighted by Crippen LogP contribution is -2.40. The molecular formula is C17H13ClFN5O2. The first-order valence-corrected chi connectivity index (χ1v) is 8.23. The molecule has 0 unspecified atom stereocenters. The Labute approximate surface area is 153 Å². The Morgan fingerprint density at radius 1 is 1.19 bits per heavy atom. The summed E-state index contributed by atoms with van der Waals surface area (Å²) in [5.41, 5.74) is 1.73. The van der Waals surface area contributed by atoms with E-state index in [2.05, 4.69) is 15.3 Å². The molecule has 0 aliphatic carbocycles. The number of amides is 1. The average Bonchev–Trinajstić information content (AvgIpc) is 3.06. The molecule has 0 saturated heterocycles. The lowest BCUT2D eigenvalue weighted by atomic mass is 10.2. The van der Waals surface area contributed by atoms with E-state index in [1.54, 1.807) is 33.8 Å². The molecule has 4 rings (SSSR count). The highest BCUT2D eigenvalue weighted by molar-refractivity contribution is 6.29. The summed E-state index contributed by atoms with van der Waals surface area (Å²) in [6.07, 6.45) is 1.45. The quantitative estimate of drug-likeness (QED) is 0.703. The maximum Gasteiger partial charge on any atom is 0.276 e. The van der Waals surface area contributed by atoms with E-state index >= 15 is 0 Å². The molecule has 1 aliphatic rings. The van der Waals surface area contributed by atoms with Crippen molar-refractivity contribution >= 4 is 23.2 Å². The van der Waals surface area contributed by atoms with Crippen molar-refractivity contribution in [3.8, 4) is 5.75 Å². The van der Waals surface area contributed by atoms with Gasteiger partial charge in [-0.2, -0.15) is 10.2 Å². The van der Waals surface area contributed by atoms with Gasteiger partial charge in [-0.1, -0.05) is 11.6 Å². The van der Waals surface area contributed by atoms with Gasteiger partial charge < -0.3 is 9.64 Å². The van der Waals surface area contributed by atoms with Crippen LogP contribution in [0.15, 0.2) is 42.6 Å². The second-order valence-corrected chi connectivity index (χ2v) is 6.07. The zero-order chi connectivity index (χ0) is 18.1. The van der Waals surface area contributed by atoms with Gasteiger partial charge >= 0.3 is 0 Å². The molecule has 1 aromatic carbocycles. The van der Waals surface area contributed by atoms with Gasteiger partial charge in [0.2, 0.25) is 0 Å². The van der Waals surface area contributed by atoms with E-state index in [0.29, 0.717) is 35.9 Å². The largest absolute Gasteiger partial charge is 0.485 e. The Bertz CT molecular complexity index is 960. The number of nitrogens with zero attached hydrogens (tertiary/aromatic N) is 5. The number of carbonyl (C=O) groups excluding carboxylic acids is 1. The minimum atomic E-state index is -0.339. The highest BCUT2D eigenvalue weighted by atomic mass is 35.5. The molecular weight excluding hydrogens is 361 g/mol. The van der Waals surface area contributed by atoms with Crippen molar-refractivity contribution in [3.05, 3.63) is 65.0 Å². The van der Waals surface area contributed by atoms with Gasteiger partial charge in [0.05, 0.1) is 12.7 Å². The van der Waals surface area contributed by atoms with E-state index < -0.39 is 0 Å². The third-order valence-corrected chi connectivity index (χ3v) is 4.14. The number of rotatable bonds is 4. The second-order valence-electron chi connectivity index (χ2n) is 5.68. The minimum absolute atomic E-state index is 0.172. The number of hydrogen-bond donors (Lipinski definition) is 0. The molecule has 7 nitrogen and oxygen atoms in total. The zero-order valence-electron chi connectivity index (χ0n) is 13.5. The van der Waals surface area contributed by atoms with Gasteiger partial charge in [0.1, 0.15) is 29.6 Å². The number of aromatic nitrogens is 4. The molecule has 9 heteroatoms. The van der Waals surface area contributed by atoms with Crippen LogP contribution in [0.2, 0.25) is 5.15 Å². The number of benzene rings is 1. The zero-order valence-corrected chi connectivity index (χ0v) is 14.2. The predicted octanol–water partition coefficient (Wildman–Crippen LogP) is 2.71. The van der Waals surface area contributed by atoms with Crippen LogP contribution in [0.4, 0.5) is 10.1 Å². The van der Waals surface area contributed by atoms with E-state index in [1.807, 2.05) is 0 Å². The smallest absolute Gasteiger partial charge is 0.276 e. The first kappa shape index (κ1) is 16.5. The van der Waals surface area contributed by atoms with E-state index in [0.717, 1.165) is 0 Å². The van der Waals surface area contributed by atoms with E-state index in [4.69, 9.17) is 16.3 Å². The predicted molar refractivity (Wildman–Crippen MR) is 91.7 cm³/mol. The summed E-state index contributed by atoms with van der Waals surface area (Å²) in [6, 6.07) is 9.08. The van der Waals surface area contributed by atoms with Crippen LogP contribution in [0.25, 0.3) is 0 Å². The Morgan fingerprint density at radius 3 is 2.77 bits per heavy atom. The Kier molecular flexibility index (Phi) is 4.26. The summed E-state index contributed by atoms with van der Waals surface area (Å²) in [6.45, 7) is 1.18. The maximum absolute atomic E-state index is 13.1. The molecule has 0 bridgehead atoms. The van der Waals surface area contributed by atoms with E-state index in [9.17, 15) is 9.18 Å². The van der Waals surface area contributed by atoms with Crippen LogP contribution in [-0.2, 0) is 13.2 Å². The standard InChI is InChI=1S/C17H13ClFN5O2/c18-16-8-14(9-20-21-16)26-10-12-7-15-17(25)23(5-6-24(15)22-12)13-3-1-11(19)2-4-13/h1-4,7-9H,5-6,10H2. The highest BCUT2D eigenvalue weighted by Gasteiger charge is 2.27. The number of halogens is 2. The number of hydrogen-bond acceptors (Lipinski definition) is 5. The van der Waals surface area contributed by atoms with Crippen molar-refractivity contribution in [3.63, 3.8) is 0 Å². The van der Waals surface area contributed by atoms with Gasteiger partial charge in [0.15, 0.2) is 5.15 Å². The number of carbonyl (C=O) groups is 1. The van der Waals surface area contributed by atoms with Gasteiger partial charge in [-0.05, 0) is 30.3 Å². The van der Waals surface area contributed by atoms with Crippen molar-refractivity contribution < 1.29 is 13.9 Å². The lowest BCUT2D eigenvalue weighted by Gasteiger charge is -2.27. The molecule has 0 saturated carbocycles. The van der Waals surface area contributed by atoms with Crippen molar-refractivity contribution in [2.24, 2.45) is 0 Å². The minimum Gasteiger partial charge on any atom is -0.485 e. The topological polar surface area (TPSA) is 73.1 Å². The molecule has 132 valence electrons. The molecule has 2 aromatic heterocycles. The highest BCUT2D eigenvalue weighted by Crippen LogP contribution is 2.22. The van der Waals surface area contributed by atoms with Crippen LogP contribution in [0, 0.1) is 5.82 Å². The van der Waals surface area contributed by atoms with Crippen molar-refractivity contribution in [2.45, 2.75) is 13.2 Å². The van der Waals surface area contributed by atoms with E-state index in [-0.39, 0.29) is 23.5 Å². The van der Waals surface area contributed by atoms with Crippen LogP contribution in [0.5, 0.6) is 5.75 Å². The van der Waals surface area contributed by atoms with Crippen molar-refractivity contribution in [2.75, 3.05) is 11.4 Å². The van der Waals surface area contributed by atoms with Crippen LogP contribution in [-0.4, -0.2) is 32.4 Å². The van der Waals surface area contributed by atoms with Gasteiger partial charge in [-0.15, -0.1) is 5.10 Å². The van der Waals surface area contributed by atoms with Gasteiger partial charge in [0, 0.05) is 18.3 Å². The molecule has 1 aliphatic heterocycles. The fraction of sp³-hybridized carbons (Fsp3) is 0.176. The summed E-state index contributed by atoms with van der Waals surface area (Å²) >= 11 is 5.77. The summed E-state index contributed by atoms with van der Waals surface area (Å²) in [7, 11) is 0. The summed E-state index contributed by atoms with van der Waals surface area (Å²) in [5.74, 6) is -0.0566. The monoisotopic (exact) mass is 373 g/mol. The molecule has 0 spiro atoms. The molecule has 1 amide bonds. The first-order valence-electron chi connectivity index (χ1n) is 7.85. The van der Waals surface area contributed by atoms with Crippen LogP contribution >= 0.6 is 11.6 Å². The Balaban J connectivity index is 1.51. The van der Waals surface area contributed by atoms with E-state index in [1.165, 1.54) is 18.3 Å². The third-order valence-electron chi connectivity index (χ3n) is 3.95. The molecule has 26 heavy (non-hydrogen) atoms. The van der Waals surface area contributed by atoms with Crippen LogP contribution < -0.4 is 9.64 Å². The summed E-state index contributed by atoms with van der Waals surface area (Å²) < 4.78 is 20.3. The Hall–Kier alpha value is -3.00. The Morgan fingerprint density at radius 2 is 2.00 bits per heavy atom. The second kappa shape index (κ2) is 6.72. The number of ether oxygens (including phenoxy) is 1. The number of fused-ring (bicyclic) bond motifs is 1. The van der Waals surface area contributed by atoms with Crippen LogP contribution in [0.3, 0.4) is 0 Å². The molecule has 3 heterocycles. The molecule has 0 fully saturated rings. The molecule has 0 N–H and O–H groups in total. The summed E-state index contributed by atoms with van der Waals surface area (Å²) in [4.78, 5) is 14.3. The maximum atomic E-state index is 13.1. The van der Waals surface area contributed by atoms with Crippen molar-refractivity contribution in [1.82, 2.24) is 20.0 Å². The van der Waals surface area contributed by atoms with Crippen molar-refractivity contribution in [1.29, 1.82) is 0 Å². The molecule has 0 radical (unpaired) electrons. The number of anilines is 1. The van der Waals surface area contributed by atoms with Gasteiger partial charge in [0.25, 0.3) is 5.91 Å². The molecule has 0 atom stereocenters.